The summed E-state index contributed by atoms with van der Waals surface area (Å²) in [5.41, 5.74) is 2.69. The summed E-state index contributed by atoms with van der Waals surface area (Å²) in [5, 5.41) is 15.5. The number of hydrogen-bond acceptors (Lipinski definition) is 8. The zero-order valence-corrected chi connectivity index (χ0v) is 19.7. The highest BCUT2D eigenvalue weighted by Gasteiger charge is 2.19. The molecular weight excluding hydrogens is 440 g/mol. The number of nitrogens with zero attached hydrogens (tertiary/aromatic N) is 3. The van der Waals surface area contributed by atoms with E-state index in [-0.39, 0.29) is 10.6 Å². The SMILES string of the molecule is COc1ccc(CNc2nc(-c3cccc([N+](=O)[O-])c3)c(CN3CCCCC3)s2)cc1OC. The van der Waals surface area contributed by atoms with Crippen LogP contribution in [0, 0.1) is 10.1 Å². The number of aromatic nitrogens is 1. The van der Waals surface area contributed by atoms with Crippen molar-refractivity contribution < 1.29 is 14.4 Å². The lowest BCUT2D eigenvalue weighted by Crippen LogP contribution is -2.28. The highest BCUT2D eigenvalue weighted by Crippen LogP contribution is 2.35. The summed E-state index contributed by atoms with van der Waals surface area (Å²) in [6, 6.07) is 12.5. The molecule has 174 valence electrons. The Kier molecular flexibility index (Phi) is 7.41. The number of nitro benzene ring substituents is 1. The van der Waals surface area contributed by atoms with Gasteiger partial charge in [0.2, 0.25) is 0 Å². The number of anilines is 1. The Labute approximate surface area is 197 Å². The molecular formula is C24H28N4O4S. The molecule has 0 amide bonds. The van der Waals surface area contributed by atoms with Crippen molar-refractivity contribution in [1.82, 2.24) is 9.88 Å². The second-order valence-corrected chi connectivity index (χ2v) is 9.06. The summed E-state index contributed by atoms with van der Waals surface area (Å²) in [6.07, 6.45) is 3.68. The zero-order valence-electron chi connectivity index (χ0n) is 18.9. The van der Waals surface area contributed by atoms with Gasteiger partial charge in [-0.2, -0.15) is 0 Å². The van der Waals surface area contributed by atoms with Crippen LogP contribution in [0.3, 0.4) is 0 Å². The third-order valence-electron chi connectivity index (χ3n) is 5.74. The van der Waals surface area contributed by atoms with Crippen LogP contribution in [0.1, 0.15) is 29.7 Å². The van der Waals surface area contributed by atoms with Gasteiger partial charge < -0.3 is 14.8 Å². The van der Waals surface area contributed by atoms with Crippen molar-refractivity contribution in [3.8, 4) is 22.8 Å². The molecule has 1 aliphatic heterocycles. The molecule has 4 rings (SSSR count). The van der Waals surface area contributed by atoms with Gasteiger partial charge in [0, 0.05) is 35.7 Å². The smallest absolute Gasteiger partial charge is 0.270 e. The molecule has 1 saturated heterocycles. The van der Waals surface area contributed by atoms with Crippen LogP contribution in [0.25, 0.3) is 11.3 Å². The minimum atomic E-state index is -0.365. The molecule has 1 fully saturated rings. The van der Waals surface area contributed by atoms with E-state index in [4.69, 9.17) is 14.5 Å². The number of piperidine rings is 1. The number of benzene rings is 2. The summed E-state index contributed by atoms with van der Waals surface area (Å²) in [5.74, 6) is 1.37. The third-order valence-corrected chi connectivity index (χ3v) is 6.73. The van der Waals surface area contributed by atoms with Crippen molar-refractivity contribution in [2.45, 2.75) is 32.4 Å². The van der Waals surface area contributed by atoms with E-state index in [1.54, 1.807) is 37.7 Å². The summed E-state index contributed by atoms with van der Waals surface area (Å²) in [4.78, 5) is 19.3. The Morgan fingerprint density at radius 2 is 1.88 bits per heavy atom. The molecule has 1 aliphatic rings. The van der Waals surface area contributed by atoms with Gasteiger partial charge in [0.1, 0.15) is 0 Å². The van der Waals surface area contributed by atoms with Crippen LogP contribution in [-0.4, -0.2) is 42.1 Å². The molecule has 0 radical (unpaired) electrons. The number of nitro groups is 1. The molecule has 0 atom stereocenters. The van der Waals surface area contributed by atoms with E-state index in [1.807, 2.05) is 24.3 Å². The molecule has 33 heavy (non-hydrogen) atoms. The average molecular weight is 469 g/mol. The molecule has 2 aromatic carbocycles. The number of thiazole rings is 1. The first kappa shape index (κ1) is 23.0. The van der Waals surface area contributed by atoms with E-state index in [1.165, 1.54) is 25.3 Å². The van der Waals surface area contributed by atoms with Crippen molar-refractivity contribution in [2.24, 2.45) is 0 Å². The minimum absolute atomic E-state index is 0.0734. The van der Waals surface area contributed by atoms with Gasteiger partial charge in [-0.25, -0.2) is 4.98 Å². The minimum Gasteiger partial charge on any atom is -0.493 e. The molecule has 2 heterocycles. The van der Waals surface area contributed by atoms with E-state index in [9.17, 15) is 10.1 Å². The predicted octanol–water partition coefficient (Wildman–Crippen LogP) is 5.33. The summed E-state index contributed by atoms with van der Waals surface area (Å²) in [7, 11) is 3.23. The van der Waals surface area contributed by atoms with Crippen LogP contribution >= 0.6 is 11.3 Å². The fourth-order valence-corrected chi connectivity index (χ4v) is 5.04. The first-order valence-electron chi connectivity index (χ1n) is 11.0. The largest absolute Gasteiger partial charge is 0.493 e. The Bertz CT molecular complexity index is 1110. The quantitative estimate of drug-likeness (QED) is 0.335. The maximum atomic E-state index is 11.3. The van der Waals surface area contributed by atoms with Crippen LogP contribution in [0.4, 0.5) is 10.8 Å². The van der Waals surface area contributed by atoms with Crippen LogP contribution < -0.4 is 14.8 Å². The first-order chi connectivity index (χ1) is 16.1. The zero-order chi connectivity index (χ0) is 23.2. The van der Waals surface area contributed by atoms with Crippen molar-refractivity contribution in [1.29, 1.82) is 0 Å². The molecule has 9 heteroatoms. The second kappa shape index (κ2) is 10.6. The fraction of sp³-hybridized carbons (Fsp3) is 0.375. The predicted molar refractivity (Wildman–Crippen MR) is 130 cm³/mol. The Morgan fingerprint density at radius 1 is 1.09 bits per heavy atom. The van der Waals surface area contributed by atoms with Gasteiger partial charge >= 0.3 is 0 Å². The summed E-state index contributed by atoms with van der Waals surface area (Å²) < 4.78 is 10.7. The number of rotatable bonds is 9. The standard InChI is InChI=1S/C24H28N4O4S/c1-31-20-10-9-17(13-21(20)32-2)15-25-24-26-23(18-7-6-8-19(14-18)28(29)30)22(33-24)16-27-11-4-3-5-12-27/h6-10,13-14H,3-5,11-12,15-16H2,1-2H3,(H,25,26). The molecule has 0 unspecified atom stereocenters. The Morgan fingerprint density at radius 3 is 2.61 bits per heavy atom. The maximum absolute atomic E-state index is 11.3. The van der Waals surface area contributed by atoms with Crippen LogP contribution in [0.5, 0.6) is 11.5 Å². The number of nitrogens with one attached hydrogen (secondary N) is 1. The van der Waals surface area contributed by atoms with Gasteiger partial charge in [0.25, 0.3) is 5.69 Å². The van der Waals surface area contributed by atoms with Gasteiger partial charge in [-0.1, -0.05) is 24.6 Å². The highest BCUT2D eigenvalue weighted by molar-refractivity contribution is 7.16. The molecule has 0 spiro atoms. The van der Waals surface area contributed by atoms with E-state index >= 15 is 0 Å². The maximum Gasteiger partial charge on any atom is 0.270 e. The van der Waals surface area contributed by atoms with Gasteiger partial charge in [-0.15, -0.1) is 11.3 Å². The number of likely N-dealkylation sites (tertiary alicyclic amines) is 1. The molecule has 0 saturated carbocycles. The van der Waals surface area contributed by atoms with Gasteiger partial charge in [0.15, 0.2) is 16.6 Å². The van der Waals surface area contributed by atoms with Crippen molar-refractivity contribution in [3.05, 3.63) is 63.0 Å². The second-order valence-electron chi connectivity index (χ2n) is 7.98. The molecule has 8 nitrogen and oxygen atoms in total. The number of non-ortho nitro benzene ring substituents is 1. The lowest BCUT2D eigenvalue weighted by atomic mass is 10.1. The van der Waals surface area contributed by atoms with Gasteiger partial charge in [0.05, 0.1) is 24.8 Å². The van der Waals surface area contributed by atoms with Crippen LogP contribution in [-0.2, 0) is 13.1 Å². The lowest BCUT2D eigenvalue weighted by molar-refractivity contribution is -0.384. The molecule has 3 aromatic rings. The molecule has 1 N–H and O–H groups in total. The number of ether oxygens (including phenoxy) is 2. The highest BCUT2D eigenvalue weighted by atomic mass is 32.1. The Hall–Kier alpha value is -3.17. The third kappa shape index (κ3) is 5.61. The average Bonchev–Trinajstić information content (AvgIpc) is 3.25. The van der Waals surface area contributed by atoms with Gasteiger partial charge in [-0.05, 0) is 43.6 Å². The summed E-state index contributed by atoms with van der Waals surface area (Å²) in [6.45, 7) is 3.51. The monoisotopic (exact) mass is 468 g/mol. The van der Waals surface area contributed by atoms with Crippen molar-refractivity contribution in [2.75, 3.05) is 32.6 Å². The van der Waals surface area contributed by atoms with E-state index in [0.29, 0.717) is 18.0 Å². The summed E-state index contributed by atoms with van der Waals surface area (Å²) >= 11 is 1.61. The first-order valence-corrected chi connectivity index (χ1v) is 11.8. The topological polar surface area (TPSA) is 89.8 Å². The van der Waals surface area contributed by atoms with E-state index in [2.05, 4.69) is 10.2 Å². The van der Waals surface area contributed by atoms with Crippen LogP contribution in [0.2, 0.25) is 0 Å². The van der Waals surface area contributed by atoms with E-state index in [0.717, 1.165) is 46.5 Å². The normalized spacial score (nSPS) is 14.1. The Balaban J connectivity index is 1.59. The van der Waals surface area contributed by atoms with E-state index < -0.39 is 0 Å². The molecule has 0 bridgehead atoms. The number of hydrogen-bond donors (Lipinski definition) is 1. The molecule has 0 aliphatic carbocycles. The van der Waals surface area contributed by atoms with Crippen molar-refractivity contribution in [3.63, 3.8) is 0 Å². The molecule has 1 aromatic heterocycles. The van der Waals surface area contributed by atoms with Crippen molar-refractivity contribution >= 4 is 22.2 Å². The number of methoxy groups -OCH3 is 2. The van der Waals surface area contributed by atoms with Gasteiger partial charge in [-0.3, -0.25) is 15.0 Å². The fourth-order valence-electron chi connectivity index (χ4n) is 4.02. The van der Waals surface area contributed by atoms with Crippen LogP contribution in [0.15, 0.2) is 42.5 Å². The lowest BCUT2D eigenvalue weighted by Gasteiger charge is -2.26.